The average Bonchev–Trinajstić information content (AvgIpc) is 1.92. The van der Waals surface area contributed by atoms with Gasteiger partial charge in [0.25, 0.3) is 0 Å². The summed E-state index contributed by atoms with van der Waals surface area (Å²) in [5, 5.41) is 0. The van der Waals surface area contributed by atoms with Crippen molar-refractivity contribution in [2.24, 2.45) is 0 Å². The molecule has 0 unspecified atom stereocenters. The van der Waals surface area contributed by atoms with Crippen molar-refractivity contribution in [3.63, 3.8) is 0 Å². The third-order valence-corrected chi connectivity index (χ3v) is 0.791. The van der Waals surface area contributed by atoms with Gasteiger partial charge in [0, 0.05) is 6.42 Å². The van der Waals surface area contributed by atoms with Gasteiger partial charge in [0.2, 0.25) is 0 Å². The lowest BCUT2D eigenvalue weighted by atomic mass is 10.3. The molecule has 0 nitrogen and oxygen atoms in total. The van der Waals surface area contributed by atoms with Crippen LogP contribution in [0.3, 0.4) is 0 Å². The van der Waals surface area contributed by atoms with Crippen LogP contribution in [0.25, 0.3) is 0 Å². The minimum absolute atomic E-state index is 0.801. The summed E-state index contributed by atoms with van der Waals surface area (Å²) in [6.07, 6.45) is -4.32. The van der Waals surface area contributed by atoms with Crippen LogP contribution in [-0.2, 0) is 0 Å². The number of halogens is 4. The summed E-state index contributed by atoms with van der Waals surface area (Å²) in [7, 11) is 0. The predicted molar refractivity (Wildman–Crippen MR) is 32.6 cm³/mol. The number of hydrogen-bond donors (Lipinski definition) is 0. The van der Waals surface area contributed by atoms with Crippen LogP contribution in [0.15, 0.2) is 0 Å². The second-order valence-electron chi connectivity index (χ2n) is 1.42. The topological polar surface area (TPSA) is 0 Å². The number of hydrogen-bond acceptors (Lipinski definition) is 0. The molecule has 0 aromatic rings. The van der Waals surface area contributed by atoms with Gasteiger partial charge in [-0.25, -0.2) is 17.6 Å². The Morgan fingerprint density at radius 1 is 1.20 bits per heavy atom. The summed E-state index contributed by atoms with van der Waals surface area (Å²) in [5.74, 6) is -3.79. The summed E-state index contributed by atoms with van der Waals surface area (Å²) in [6.45, 7) is 5.02. The average molecular weight is 160 g/mol. The van der Waals surface area contributed by atoms with Crippen molar-refractivity contribution < 1.29 is 17.6 Å². The summed E-state index contributed by atoms with van der Waals surface area (Å²) in [4.78, 5) is 0. The normalized spacial score (nSPS) is 10.8. The van der Waals surface area contributed by atoms with Crippen molar-refractivity contribution in [3.8, 4) is 0 Å². The molecule has 0 amide bonds. The Kier molecular flexibility index (Phi) is 6.82. The van der Waals surface area contributed by atoms with Crippen LogP contribution in [0, 0.1) is 0 Å². The van der Waals surface area contributed by atoms with Crippen LogP contribution < -0.4 is 0 Å². The fraction of sp³-hybridized carbons (Fsp3) is 1.00. The van der Waals surface area contributed by atoms with Gasteiger partial charge in [0.1, 0.15) is 0 Å². The molecule has 0 aliphatic rings. The molecule has 0 aromatic carbocycles. The highest BCUT2D eigenvalue weighted by Gasteiger charge is 2.37. The first-order chi connectivity index (χ1) is 4.50. The first kappa shape index (κ1) is 12.4. The van der Waals surface area contributed by atoms with E-state index in [1.165, 1.54) is 0 Å². The van der Waals surface area contributed by atoms with Crippen molar-refractivity contribution in [1.29, 1.82) is 0 Å². The van der Waals surface area contributed by atoms with Crippen molar-refractivity contribution in [2.75, 3.05) is 0 Å². The lowest BCUT2D eigenvalue weighted by Gasteiger charge is -2.10. The Bertz CT molecular complexity index is 70.1. The minimum Gasteiger partial charge on any atom is -0.204 e. The highest BCUT2D eigenvalue weighted by molar-refractivity contribution is 4.64. The van der Waals surface area contributed by atoms with Gasteiger partial charge < -0.3 is 0 Å². The fourth-order valence-corrected chi connectivity index (χ4v) is 0.154. The molecule has 10 heavy (non-hydrogen) atoms. The van der Waals surface area contributed by atoms with E-state index in [0.717, 1.165) is 6.92 Å². The molecule has 0 atom stereocenters. The Morgan fingerprint density at radius 3 is 1.50 bits per heavy atom. The van der Waals surface area contributed by atoms with Crippen LogP contribution in [0.4, 0.5) is 17.6 Å². The lowest BCUT2D eigenvalue weighted by Crippen LogP contribution is -2.24. The van der Waals surface area contributed by atoms with Crippen LogP contribution in [-0.4, -0.2) is 12.3 Å². The van der Waals surface area contributed by atoms with Crippen molar-refractivity contribution >= 4 is 0 Å². The first-order valence-electron chi connectivity index (χ1n) is 3.16. The zero-order valence-corrected chi connectivity index (χ0v) is 6.30. The van der Waals surface area contributed by atoms with Crippen LogP contribution >= 0.6 is 0 Å². The molecule has 64 valence electrons. The number of alkyl halides is 4. The van der Waals surface area contributed by atoms with E-state index >= 15 is 0 Å². The van der Waals surface area contributed by atoms with Gasteiger partial charge >= 0.3 is 12.3 Å². The third-order valence-electron chi connectivity index (χ3n) is 0.791. The monoisotopic (exact) mass is 160 g/mol. The van der Waals surface area contributed by atoms with E-state index in [1.807, 2.05) is 13.8 Å². The maximum Gasteiger partial charge on any atom is 0.307 e. The molecular weight excluding hydrogens is 148 g/mol. The van der Waals surface area contributed by atoms with E-state index in [-0.39, 0.29) is 0 Å². The second-order valence-corrected chi connectivity index (χ2v) is 1.42. The van der Waals surface area contributed by atoms with Gasteiger partial charge in [0.15, 0.2) is 0 Å². The van der Waals surface area contributed by atoms with Gasteiger partial charge in [-0.2, -0.15) is 0 Å². The predicted octanol–water partition coefficient (Wildman–Crippen LogP) is 3.32. The highest BCUT2D eigenvalue weighted by atomic mass is 19.3. The summed E-state index contributed by atoms with van der Waals surface area (Å²) < 4.78 is 45.2. The Balaban J connectivity index is 0. The molecule has 0 rings (SSSR count). The maximum absolute atomic E-state index is 11.5. The largest absolute Gasteiger partial charge is 0.307 e. The Morgan fingerprint density at radius 2 is 1.50 bits per heavy atom. The molecule has 0 aliphatic carbocycles. The van der Waals surface area contributed by atoms with Crippen molar-refractivity contribution in [1.82, 2.24) is 0 Å². The van der Waals surface area contributed by atoms with Crippen LogP contribution in [0.1, 0.15) is 27.2 Å². The zero-order chi connectivity index (χ0) is 8.78. The van der Waals surface area contributed by atoms with E-state index < -0.39 is 18.8 Å². The molecule has 0 aromatic heterocycles. The van der Waals surface area contributed by atoms with E-state index in [1.54, 1.807) is 0 Å². The lowest BCUT2D eigenvalue weighted by molar-refractivity contribution is -0.129. The minimum atomic E-state index is -3.79. The highest BCUT2D eigenvalue weighted by Crippen LogP contribution is 2.25. The van der Waals surface area contributed by atoms with Crippen LogP contribution in [0.5, 0.6) is 0 Å². The van der Waals surface area contributed by atoms with E-state index in [0.29, 0.717) is 0 Å². The molecule has 0 saturated heterocycles. The fourth-order valence-electron chi connectivity index (χ4n) is 0.154. The second kappa shape index (κ2) is 5.50. The Labute approximate surface area is 58.2 Å². The molecule has 0 bridgehead atoms. The standard InChI is InChI=1S/C4H6F4.C2H6/c1-2-4(7,8)3(5)6;1-2/h3H,2H2,1H3;1-2H3. The molecule has 0 radical (unpaired) electrons. The molecular formula is C6H12F4. The quantitative estimate of drug-likeness (QED) is 0.543. The molecule has 0 spiro atoms. The van der Waals surface area contributed by atoms with Crippen LogP contribution in [0.2, 0.25) is 0 Å². The molecule has 0 aliphatic heterocycles. The third kappa shape index (κ3) is 4.58. The molecule has 0 heterocycles. The van der Waals surface area contributed by atoms with E-state index in [9.17, 15) is 17.6 Å². The van der Waals surface area contributed by atoms with E-state index in [4.69, 9.17) is 0 Å². The molecule has 0 saturated carbocycles. The summed E-state index contributed by atoms with van der Waals surface area (Å²) >= 11 is 0. The first-order valence-corrected chi connectivity index (χ1v) is 3.16. The van der Waals surface area contributed by atoms with Gasteiger partial charge in [-0.3, -0.25) is 0 Å². The van der Waals surface area contributed by atoms with E-state index in [2.05, 4.69) is 0 Å². The Hall–Kier alpha value is -0.280. The smallest absolute Gasteiger partial charge is 0.204 e. The molecule has 4 heteroatoms. The van der Waals surface area contributed by atoms with Crippen molar-refractivity contribution in [3.05, 3.63) is 0 Å². The SMILES string of the molecule is CC.CCC(F)(F)C(F)F. The van der Waals surface area contributed by atoms with Crippen molar-refractivity contribution in [2.45, 2.75) is 39.5 Å². The van der Waals surface area contributed by atoms with Gasteiger partial charge in [0.05, 0.1) is 0 Å². The zero-order valence-electron chi connectivity index (χ0n) is 6.30. The number of rotatable bonds is 2. The molecule has 0 fully saturated rings. The van der Waals surface area contributed by atoms with Gasteiger partial charge in [-0.05, 0) is 0 Å². The summed E-state index contributed by atoms with van der Waals surface area (Å²) in [6, 6.07) is 0. The van der Waals surface area contributed by atoms with Gasteiger partial charge in [-0.1, -0.05) is 20.8 Å². The summed E-state index contributed by atoms with van der Waals surface area (Å²) in [5.41, 5.74) is 0. The maximum atomic E-state index is 11.5. The molecule has 0 N–H and O–H groups in total. The van der Waals surface area contributed by atoms with Gasteiger partial charge in [-0.15, -0.1) is 0 Å².